The Bertz CT molecular complexity index is 802. The molecule has 1 aromatic heterocycles. The second-order valence-corrected chi connectivity index (χ2v) is 7.05. The van der Waals surface area contributed by atoms with Crippen LogP contribution in [0.25, 0.3) is 0 Å². The summed E-state index contributed by atoms with van der Waals surface area (Å²) in [6, 6.07) is -0.982. The summed E-state index contributed by atoms with van der Waals surface area (Å²) in [6.07, 6.45) is -4.29. The smallest absolute Gasteiger partial charge is 0.323 e. The Balaban J connectivity index is 2.21. The topological polar surface area (TPSA) is 140 Å². The number of aromatic nitrogens is 2. The Hall–Kier alpha value is -1.37. The average Bonchev–Trinajstić information content (AvgIpc) is 2.80. The quantitative estimate of drug-likeness (QED) is 0.392. The van der Waals surface area contributed by atoms with Crippen molar-refractivity contribution in [3.63, 3.8) is 0 Å². The summed E-state index contributed by atoms with van der Waals surface area (Å²) in [6.45, 7) is 2.37. The molecule has 9 nitrogen and oxygen atoms in total. The molecule has 12 heteroatoms. The maximum absolute atomic E-state index is 14.9. The maximum atomic E-state index is 14.9. The molecule has 1 aromatic rings. The summed E-state index contributed by atoms with van der Waals surface area (Å²) >= 11 is 10.6. The number of nitrogens with two attached hydrogens (primary N) is 1. The Kier molecular flexibility index (Phi) is 6.20. The predicted molar refractivity (Wildman–Crippen MR) is 90.6 cm³/mol. The monoisotopic (exact) mass is 411 g/mol. The van der Waals surface area contributed by atoms with E-state index < -0.39 is 48.5 Å². The summed E-state index contributed by atoms with van der Waals surface area (Å²) in [4.78, 5) is 25.4. The van der Waals surface area contributed by atoms with Crippen LogP contribution in [0, 0.1) is 10.7 Å². The molecule has 0 radical (unpaired) electrons. The van der Waals surface area contributed by atoms with Gasteiger partial charge in [0.2, 0.25) is 0 Å². The number of aromatic amines is 1. The fourth-order valence-electron chi connectivity index (χ4n) is 2.28. The van der Waals surface area contributed by atoms with E-state index in [1.807, 2.05) is 0 Å². The molecule has 5 atom stereocenters. The number of carbonyl (C=O) groups is 1. The molecule has 0 spiro atoms. The summed E-state index contributed by atoms with van der Waals surface area (Å²) in [5, 5.41) is 19.8. The lowest BCUT2D eigenvalue weighted by Gasteiger charge is -2.24. The highest BCUT2D eigenvalue weighted by Crippen LogP contribution is 2.38. The average molecular weight is 412 g/mol. The SMILES string of the molecule is CC(C)[C@H](N)C(=O)OC[C@@]1(F)O[C@@H](n2cc(Cl)c(=O)[nH]c2=S)[C@H](O)[C@@H]1O. The van der Waals surface area contributed by atoms with Gasteiger partial charge in [-0.1, -0.05) is 25.4 Å². The van der Waals surface area contributed by atoms with Crippen LogP contribution in [-0.2, 0) is 14.3 Å². The standard InChI is InChI=1S/C14H19ClFN3O6S/c1-5(2)7(17)12(23)24-4-14(16)9(21)8(20)11(25-14)19-3-6(15)10(22)18-13(19)26/h3,5,7-9,11,20-21H,4,17H2,1-2H3,(H,18,22,26)/t7-,8+,9-,11+,14+/m0/s1. The van der Waals surface area contributed by atoms with Gasteiger partial charge in [-0.2, -0.15) is 0 Å². The number of rotatable bonds is 5. The van der Waals surface area contributed by atoms with Gasteiger partial charge in [0.15, 0.2) is 17.6 Å². The number of hydrogen-bond acceptors (Lipinski definition) is 8. The third-order valence-corrected chi connectivity index (χ3v) is 4.56. The molecular weight excluding hydrogens is 393 g/mol. The normalized spacial score (nSPS) is 29.8. The highest BCUT2D eigenvalue weighted by Gasteiger charge is 2.57. The van der Waals surface area contributed by atoms with Crippen molar-refractivity contribution >= 4 is 29.8 Å². The molecular formula is C14H19ClFN3O6S. The first-order chi connectivity index (χ1) is 12.0. The first-order valence-corrected chi connectivity index (χ1v) is 8.42. The van der Waals surface area contributed by atoms with Crippen molar-refractivity contribution in [1.29, 1.82) is 0 Å². The number of carbonyl (C=O) groups excluding carboxylic acids is 1. The Morgan fingerprint density at radius 1 is 1.62 bits per heavy atom. The summed E-state index contributed by atoms with van der Waals surface area (Å²) in [5.41, 5.74) is 4.93. The van der Waals surface area contributed by atoms with E-state index in [9.17, 15) is 24.2 Å². The first kappa shape index (κ1) is 20.9. The van der Waals surface area contributed by atoms with Crippen LogP contribution in [0.5, 0.6) is 0 Å². The van der Waals surface area contributed by atoms with Gasteiger partial charge in [-0.15, -0.1) is 0 Å². The second-order valence-electron chi connectivity index (χ2n) is 6.25. The van der Waals surface area contributed by atoms with Crippen molar-refractivity contribution in [2.75, 3.05) is 6.61 Å². The largest absolute Gasteiger partial charge is 0.458 e. The molecule has 1 saturated heterocycles. The molecule has 0 aromatic carbocycles. The highest BCUT2D eigenvalue weighted by molar-refractivity contribution is 7.71. The molecule has 0 unspecified atom stereocenters. The highest BCUT2D eigenvalue weighted by atomic mass is 35.5. The van der Waals surface area contributed by atoms with Crippen molar-refractivity contribution in [2.45, 2.75) is 44.2 Å². The van der Waals surface area contributed by atoms with Crippen LogP contribution in [0.15, 0.2) is 11.0 Å². The van der Waals surface area contributed by atoms with Gasteiger partial charge in [0.05, 0.1) is 0 Å². The molecule has 2 heterocycles. The van der Waals surface area contributed by atoms with Crippen LogP contribution in [0.4, 0.5) is 4.39 Å². The van der Waals surface area contributed by atoms with Gasteiger partial charge < -0.3 is 25.4 Å². The Morgan fingerprint density at radius 3 is 2.81 bits per heavy atom. The number of halogens is 2. The van der Waals surface area contributed by atoms with E-state index in [1.54, 1.807) is 13.8 Å². The molecule has 0 aliphatic carbocycles. The van der Waals surface area contributed by atoms with E-state index in [1.165, 1.54) is 0 Å². The van der Waals surface area contributed by atoms with Crippen molar-refractivity contribution in [3.8, 4) is 0 Å². The van der Waals surface area contributed by atoms with Gasteiger partial charge in [-0.3, -0.25) is 19.1 Å². The van der Waals surface area contributed by atoms with Crippen LogP contribution < -0.4 is 11.3 Å². The lowest BCUT2D eigenvalue weighted by Crippen LogP contribution is -2.46. The number of hydrogen-bond donors (Lipinski definition) is 4. The number of aliphatic hydroxyl groups excluding tert-OH is 2. The minimum atomic E-state index is -2.91. The van der Waals surface area contributed by atoms with Crippen LogP contribution >= 0.6 is 23.8 Å². The van der Waals surface area contributed by atoms with Gasteiger partial charge in [0.25, 0.3) is 11.4 Å². The fraction of sp³-hybridized carbons (Fsp3) is 0.643. The minimum absolute atomic E-state index is 0.210. The second kappa shape index (κ2) is 7.71. The molecule has 0 bridgehead atoms. The molecule has 0 saturated carbocycles. The fourth-order valence-corrected chi connectivity index (χ4v) is 2.68. The number of alkyl halides is 1. The van der Waals surface area contributed by atoms with Gasteiger partial charge in [-0.25, -0.2) is 4.39 Å². The number of esters is 1. The van der Waals surface area contributed by atoms with Gasteiger partial charge in [0.1, 0.15) is 23.3 Å². The number of nitrogens with zero attached hydrogens (tertiary/aromatic N) is 1. The van der Waals surface area contributed by atoms with E-state index in [4.69, 9.17) is 39.0 Å². The first-order valence-electron chi connectivity index (χ1n) is 7.64. The zero-order valence-corrected chi connectivity index (χ0v) is 15.5. The van der Waals surface area contributed by atoms with E-state index in [0.29, 0.717) is 0 Å². The van der Waals surface area contributed by atoms with E-state index >= 15 is 0 Å². The van der Waals surface area contributed by atoms with Crippen LogP contribution in [0.3, 0.4) is 0 Å². The molecule has 2 rings (SSSR count). The zero-order valence-electron chi connectivity index (χ0n) is 13.9. The minimum Gasteiger partial charge on any atom is -0.458 e. The number of H-pyrrole nitrogens is 1. The van der Waals surface area contributed by atoms with Crippen molar-refractivity contribution in [3.05, 3.63) is 26.3 Å². The molecule has 5 N–H and O–H groups in total. The van der Waals surface area contributed by atoms with E-state index in [0.717, 1.165) is 10.8 Å². The molecule has 26 heavy (non-hydrogen) atoms. The number of nitrogens with one attached hydrogen (secondary N) is 1. The van der Waals surface area contributed by atoms with Crippen molar-refractivity contribution in [1.82, 2.24) is 9.55 Å². The third-order valence-electron chi connectivity index (χ3n) is 3.97. The molecule has 0 amide bonds. The van der Waals surface area contributed by atoms with Gasteiger partial charge in [0, 0.05) is 6.20 Å². The molecule has 1 aliphatic rings. The van der Waals surface area contributed by atoms with Crippen LogP contribution in [-0.4, -0.2) is 56.4 Å². The van der Waals surface area contributed by atoms with Crippen LogP contribution in [0.2, 0.25) is 5.02 Å². The predicted octanol–water partition coefficient (Wildman–Crippen LogP) is 0.00219. The lowest BCUT2D eigenvalue weighted by molar-refractivity contribution is -0.217. The van der Waals surface area contributed by atoms with Crippen molar-refractivity contribution < 1.29 is 28.9 Å². The Labute approximate surface area is 157 Å². The maximum Gasteiger partial charge on any atom is 0.323 e. The summed E-state index contributed by atoms with van der Waals surface area (Å²) in [7, 11) is 0. The molecule has 1 fully saturated rings. The Morgan fingerprint density at radius 2 is 2.23 bits per heavy atom. The van der Waals surface area contributed by atoms with Gasteiger partial charge >= 0.3 is 5.97 Å². The third kappa shape index (κ3) is 3.97. The van der Waals surface area contributed by atoms with E-state index in [-0.39, 0.29) is 15.7 Å². The van der Waals surface area contributed by atoms with Crippen molar-refractivity contribution in [2.24, 2.45) is 11.7 Å². The summed E-state index contributed by atoms with van der Waals surface area (Å²) in [5.74, 6) is -4.03. The number of ether oxygens (including phenoxy) is 2. The molecule has 146 valence electrons. The van der Waals surface area contributed by atoms with Gasteiger partial charge in [-0.05, 0) is 18.1 Å². The van der Waals surface area contributed by atoms with E-state index in [2.05, 4.69) is 4.98 Å². The zero-order chi connectivity index (χ0) is 19.8. The molecule has 1 aliphatic heterocycles. The summed E-state index contributed by atoms with van der Waals surface area (Å²) < 4.78 is 25.5. The van der Waals surface area contributed by atoms with Crippen LogP contribution in [0.1, 0.15) is 20.1 Å². The number of aliphatic hydroxyl groups is 2. The lowest BCUT2D eigenvalue weighted by atomic mass is 10.1.